The summed E-state index contributed by atoms with van der Waals surface area (Å²) in [5, 5.41) is 2.78. The number of benzene rings is 1. The molecule has 2 N–H and O–H groups in total. The van der Waals surface area contributed by atoms with Gasteiger partial charge in [0.2, 0.25) is 17.7 Å². The number of rotatable bonds is 2. The summed E-state index contributed by atoms with van der Waals surface area (Å²) < 4.78 is 0. The molecule has 0 saturated carbocycles. The lowest BCUT2D eigenvalue weighted by atomic mass is 9.67. The Labute approximate surface area is 175 Å². The van der Waals surface area contributed by atoms with Gasteiger partial charge in [-0.3, -0.25) is 24.2 Å². The van der Waals surface area contributed by atoms with Gasteiger partial charge in [0.1, 0.15) is 6.04 Å². The highest BCUT2D eigenvalue weighted by molar-refractivity contribution is 6.20. The minimum Gasteiger partial charge on any atom is -0.355 e. The van der Waals surface area contributed by atoms with Crippen LogP contribution in [0.5, 0.6) is 0 Å². The lowest BCUT2D eigenvalue weighted by Gasteiger charge is -2.54. The zero-order valence-corrected chi connectivity index (χ0v) is 17.8. The molecule has 2 fully saturated rings. The fourth-order valence-corrected chi connectivity index (χ4v) is 5.20. The van der Waals surface area contributed by atoms with Gasteiger partial charge in [0.25, 0.3) is 0 Å². The van der Waals surface area contributed by atoms with E-state index in [1.165, 1.54) is 25.9 Å². The van der Waals surface area contributed by atoms with Gasteiger partial charge in [-0.05, 0) is 30.7 Å². The lowest BCUT2D eigenvalue weighted by molar-refractivity contribution is -0.902. The first-order valence-corrected chi connectivity index (χ1v) is 10.3. The van der Waals surface area contributed by atoms with Crippen LogP contribution in [0.4, 0.5) is 16.2 Å². The number of nitrogens with zero attached hydrogens (tertiary/aromatic N) is 3. The summed E-state index contributed by atoms with van der Waals surface area (Å²) in [7, 11) is 2.88. The Morgan fingerprint density at radius 1 is 1.20 bits per heavy atom. The molecule has 1 aromatic carbocycles. The Kier molecular flexibility index (Phi) is 4.80. The molecule has 2 atom stereocenters. The molecular formula is C21H28N5O4+. The summed E-state index contributed by atoms with van der Waals surface area (Å²) in [6.45, 7) is 6.71. The number of fused-ring (bicyclic) bond motifs is 4. The lowest BCUT2D eigenvalue weighted by Crippen LogP contribution is -3.16. The molecule has 0 aromatic heterocycles. The number of nitrogens with one attached hydrogen (secondary N) is 2. The van der Waals surface area contributed by atoms with E-state index >= 15 is 0 Å². The summed E-state index contributed by atoms with van der Waals surface area (Å²) in [6, 6.07) is 4.70. The Bertz CT molecular complexity index is 921. The Hall–Kier alpha value is -2.94. The topological polar surface area (TPSA) is 94.5 Å². The number of hydrogen-bond donors (Lipinski definition) is 2. The number of carbonyl (C=O) groups excluding carboxylic acids is 4. The van der Waals surface area contributed by atoms with Gasteiger partial charge >= 0.3 is 6.03 Å². The second kappa shape index (κ2) is 7.09. The van der Waals surface area contributed by atoms with Crippen LogP contribution in [0.15, 0.2) is 18.2 Å². The Balaban J connectivity index is 1.87. The number of imide groups is 2. The summed E-state index contributed by atoms with van der Waals surface area (Å²) in [4.78, 5) is 56.6. The SMILES string of the molecule is CC[NH+]1CCN2c3ccc(NC(C)=O)cc3CC3(C(=O)N(C)C(=O)N(C)C3=O)[C@H]2C1. The highest BCUT2D eigenvalue weighted by Crippen LogP contribution is 2.46. The van der Waals surface area contributed by atoms with Crippen molar-refractivity contribution in [3.63, 3.8) is 0 Å². The van der Waals surface area contributed by atoms with Crippen LogP contribution < -0.4 is 15.1 Å². The Morgan fingerprint density at radius 3 is 2.47 bits per heavy atom. The van der Waals surface area contributed by atoms with Gasteiger partial charge in [-0.25, -0.2) is 4.79 Å². The fourth-order valence-electron chi connectivity index (χ4n) is 5.20. The predicted molar refractivity (Wildman–Crippen MR) is 110 cm³/mol. The molecule has 1 unspecified atom stereocenters. The van der Waals surface area contributed by atoms with Crippen molar-refractivity contribution in [2.45, 2.75) is 26.3 Å². The average molecular weight is 414 g/mol. The quantitative estimate of drug-likeness (QED) is 0.626. The van der Waals surface area contributed by atoms with Crippen molar-refractivity contribution in [2.24, 2.45) is 5.41 Å². The number of hydrogen-bond acceptors (Lipinski definition) is 5. The third kappa shape index (κ3) is 2.79. The predicted octanol–water partition coefficient (Wildman–Crippen LogP) is -0.669. The summed E-state index contributed by atoms with van der Waals surface area (Å²) in [5.74, 6) is -1.08. The third-order valence-electron chi connectivity index (χ3n) is 6.76. The van der Waals surface area contributed by atoms with E-state index in [9.17, 15) is 19.2 Å². The van der Waals surface area contributed by atoms with Crippen molar-refractivity contribution in [3.05, 3.63) is 23.8 Å². The van der Waals surface area contributed by atoms with Gasteiger partial charge in [-0.1, -0.05) is 0 Å². The van der Waals surface area contributed by atoms with E-state index in [4.69, 9.17) is 0 Å². The maximum absolute atomic E-state index is 13.5. The smallest absolute Gasteiger partial charge is 0.332 e. The molecule has 0 bridgehead atoms. The average Bonchev–Trinajstić information content (AvgIpc) is 2.74. The Morgan fingerprint density at radius 2 is 1.87 bits per heavy atom. The first kappa shape index (κ1) is 20.3. The normalized spacial score (nSPS) is 25.3. The summed E-state index contributed by atoms with van der Waals surface area (Å²) in [5.41, 5.74) is 1.08. The summed E-state index contributed by atoms with van der Waals surface area (Å²) >= 11 is 0. The van der Waals surface area contributed by atoms with E-state index in [0.29, 0.717) is 18.8 Å². The van der Waals surface area contributed by atoms with Crippen LogP contribution >= 0.6 is 0 Å². The van der Waals surface area contributed by atoms with E-state index < -0.39 is 23.3 Å². The third-order valence-corrected chi connectivity index (χ3v) is 6.76. The van der Waals surface area contributed by atoms with Gasteiger partial charge in [-0.2, -0.15) is 0 Å². The molecule has 1 aromatic rings. The molecule has 30 heavy (non-hydrogen) atoms. The molecule has 160 valence electrons. The van der Waals surface area contributed by atoms with Crippen molar-refractivity contribution >= 4 is 35.1 Å². The van der Waals surface area contributed by atoms with E-state index in [1.54, 1.807) is 0 Å². The zero-order valence-electron chi connectivity index (χ0n) is 17.8. The number of quaternary nitrogens is 1. The highest BCUT2D eigenvalue weighted by atomic mass is 16.2. The van der Waals surface area contributed by atoms with Crippen molar-refractivity contribution < 1.29 is 24.1 Å². The molecule has 3 heterocycles. The maximum atomic E-state index is 13.5. The minimum atomic E-state index is -1.36. The highest BCUT2D eigenvalue weighted by Gasteiger charge is 2.64. The van der Waals surface area contributed by atoms with Gasteiger partial charge in [0.15, 0.2) is 5.41 Å². The minimum absolute atomic E-state index is 0.187. The number of urea groups is 1. The van der Waals surface area contributed by atoms with Crippen LogP contribution in [-0.4, -0.2) is 79.9 Å². The number of carbonyl (C=O) groups is 4. The fraction of sp³-hybridized carbons (Fsp3) is 0.524. The van der Waals surface area contributed by atoms with Gasteiger partial charge in [-0.15, -0.1) is 0 Å². The molecule has 3 aliphatic rings. The largest absolute Gasteiger partial charge is 0.355 e. The van der Waals surface area contributed by atoms with Gasteiger partial charge in [0, 0.05) is 38.8 Å². The van der Waals surface area contributed by atoms with Crippen LogP contribution in [-0.2, 0) is 20.8 Å². The maximum Gasteiger partial charge on any atom is 0.332 e. The molecule has 9 heteroatoms. The van der Waals surface area contributed by atoms with E-state index in [1.807, 2.05) is 18.2 Å². The van der Waals surface area contributed by atoms with Crippen molar-refractivity contribution in [1.82, 2.24) is 9.80 Å². The van der Waals surface area contributed by atoms with Crippen LogP contribution in [0.2, 0.25) is 0 Å². The first-order valence-electron chi connectivity index (χ1n) is 10.3. The van der Waals surface area contributed by atoms with E-state index in [2.05, 4.69) is 17.1 Å². The number of anilines is 2. The standard InChI is InChI=1S/C21H27N5O4/c1-5-25-8-9-26-16-7-6-15(22-13(2)27)10-14(16)11-21(17(26)12-25)18(28)23(3)20(30)24(4)19(21)29/h6-7,10,17H,5,8-9,11-12H2,1-4H3,(H,22,27)/p+1/t17-/m1/s1. The molecule has 0 radical (unpaired) electrons. The van der Waals surface area contributed by atoms with Crippen LogP contribution in [0.1, 0.15) is 19.4 Å². The van der Waals surface area contributed by atoms with Gasteiger partial charge < -0.3 is 15.1 Å². The molecule has 3 aliphatic heterocycles. The summed E-state index contributed by atoms with van der Waals surface area (Å²) in [6.07, 6.45) is 0.202. The van der Waals surface area contributed by atoms with E-state index in [-0.39, 0.29) is 18.4 Å². The second-order valence-electron chi connectivity index (χ2n) is 8.45. The van der Waals surface area contributed by atoms with E-state index in [0.717, 1.165) is 34.1 Å². The van der Waals surface area contributed by atoms with Crippen LogP contribution in [0, 0.1) is 5.41 Å². The second-order valence-corrected chi connectivity index (χ2v) is 8.45. The molecule has 5 amide bonds. The molecular weight excluding hydrogens is 386 g/mol. The van der Waals surface area contributed by atoms with Crippen molar-refractivity contribution in [2.75, 3.05) is 50.5 Å². The van der Waals surface area contributed by atoms with Crippen LogP contribution in [0.3, 0.4) is 0 Å². The number of piperazine rings is 1. The van der Waals surface area contributed by atoms with Crippen molar-refractivity contribution in [1.29, 1.82) is 0 Å². The zero-order chi connectivity index (χ0) is 21.8. The monoisotopic (exact) mass is 414 g/mol. The molecule has 2 saturated heterocycles. The number of likely N-dealkylation sites (N-methyl/N-ethyl adjacent to an activating group) is 1. The molecule has 1 spiro atoms. The van der Waals surface area contributed by atoms with Crippen LogP contribution in [0.25, 0.3) is 0 Å². The first-order chi connectivity index (χ1) is 14.2. The molecule has 4 rings (SSSR count). The van der Waals surface area contributed by atoms with Crippen molar-refractivity contribution in [3.8, 4) is 0 Å². The number of barbiturate groups is 1. The molecule has 0 aliphatic carbocycles. The van der Waals surface area contributed by atoms with Gasteiger partial charge in [0.05, 0.1) is 26.2 Å². The number of amides is 5. The molecule has 9 nitrogen and oxygen atoms in total.